The number of H-pyrrole nitrogens is 2. The van der Waals surface area contributed by atoms with Crippen LogP contribution in [0.3, 0.4) is 0 Å². The Morgan fingerprint density at radius 1 is 1.12 bits per heavy atom. The van der Waals surface area contributed by atoms with Crippen LogP contribution in [0.15, 0.2) is 47.3 Å². The molecule has 1 aliphatic rings. The second kappa shape index (κ2) is 7.25. The highest BCUT2D eigenvalue weighted by molar-refractivity contribution is 5.74. The van der Waals surface area contributed by atoms with E-state index in [4.69, 9.17) is 4.74 Å². The minimum absolute atomic E-state index is 0.157. The zero-order chi connectivity index (χ0) is 17.9. The molecule has 0 amide bonds. The highest BCUT2D eigenvalue weighted by Gasteiger charge is 2.19. The van der Waals surface area contributed by atoms with E-state index in [2.05, 4.69) is 38.4 Å². The summed E-state index contributed by atoms with van der Waals surface area (Å²) in [4.78, 5) is 19.4. The topological polar surface area (TPSA) is 73.2 Å². The first-order valence-electron chi connectivity index (χ1n) is 9.04. The summed E-state index contributed by atoms with van der Waals surface area (Å²) in [6.45, 7) is 2.89. The molecule has 1 saturated heterocycles. The fraction of sp³-hybridized carbons (Fsp3) is 0.350. The molecule has 0 radical (unpaired) electrons. The van der Waals surface area contributed by atoms with Crippen molar-refractivity contribution in [2.24, 2.45) is 0 Å². The Bertz CT molecular complexity index is 938. The summed E-state index contributed by atoms with van der Waals surface area (Å²) < 4.78 is 5.32. The standard InChI is InChI=1S/C20H24N4O2/c1-26-17-4-2-3-16(12-17)24-9-7-15(8-10-24)21-13-14-5-6-18-19(11-14)23-20(25)22-18/h2-6,11-12,15,21H,7-10,13H2,1H3,(H2,22,23,25). The summed E-state index contributed by atoms with van der Waals surface area (Å²) in [7, 11) is 1.70. The van der Waals surface area contributed by atoms with Crippen LogP contribution in [0, 0.1) is 0 Å². The van der Waals surface area contributed by atoms with Gasteiger partial charge in [-0.3, -0.25) is 0 Å². The molecular weight excluding hydrogens is 328 g/mol. The number of benzene rings is 2. The van der Waals surface area contributed by atoms with Gasteiger partial charge in [-0.25, -0.2) is 4.79 Å². The number of rotatable bonds is 5. The van der Waals surface area contributed by atoms with Crippen LogP contribution >= 0.6 is 0 Å². The van der Waals surface area contributed by atoms with Crippen molar-refractivity contribution in [3.63, 3.8) is 0 Å². The van der Waals surface area contributed by atoms with Crippen LogP contribution in [0.1, 0.15) is 18.4 Å². The minimum atomic E-state index is -0.157. The van der Waals surface area contributed by atoms with Crippen LogP contribution in [-0.2, 0) is 6.54 Å². The number of piperidine rings is 1. The molecule has 3 N–H and O–H groups in total. The summed E-state index contributed by atoms with van der Waals surface area (Å²) in [6.07, 6.45) is 2.22. The first kappa shape index (κ1) is 16.7. The van der Waals surface area contributed by atoms with Gasteiger partial charge in [0.25, 0.3) is 0 Å². The Labute approximate surface area is 152 Å². The monoisotopic (exact) mass is 352 g/mol. The molecule has 0 atom stereocenters. The van der Waals surface area contributed by atoms with E-state index in [1.165, 1.54) is 11.3 Å². The number of aromatic nitrogens is 2. The molecule has 136 valence electrons. The fourth-order valence-electron chi connectivity index (χ4n) is 3.60. The molecule has 0 unspecified atom stereocenters. The maximum Gasteiger partial charge on any atom is 0.323 e. The summed E-state index contributed by atoms with van der Waals surface area (Å²) in [6, 6.07) is 14.8. The molecule has 2 heterocycles. The fourth-order valence-corrected chi connectivity index (χ4v) is 3.60. The molecule has 26 heavy (non-hydrogen) atoms. The number of nitrogens with zero attached hydrogens (tertiary/aromatic N) is 1. The molecule has 0 saturated carbocycles. The molecule has 4 rings (SSSR count). The van der Waals surface area contributed by atoms with Crippen LogP contribution in [0.25, 0.3) is 11.0 Å². The van der Waals surface area contributed by atoms with E-state index in [0.29, 0.717) is 6.04 Å². The van der Waals surface area contributed by atoms with Crippen LogP contribution < -0.4 is 20.6 Å². The predicted octanol–water partition coefficient (Wildman–Crippen LogP) is 2.62. The van der Waals surface area contributed by atoms with Gasteiger partial charge in [0.1, 0.15) is 5.75 Å². The third-order valence-corrected chi connectivity index (χ3v) is 5.09. The Morgan fingerprint density at radius 3 is 2.73 bits per heavy atom. The van der Waals surface area contributed by atoms with Gasteiger partial charge in [-0.05, 0) is 42.7 Å². The van der Waals surface area contributed by atoms with Gasteiger partial charge >= 0.3 is 5.69 Å². The summed E-state index contributed by atoms with van der Waals surface area (Å²) >= 11 is 0. The Balaban J connectivity index is 1.32. The van der Waals surface area contributed by atoms with Crippen LogP contribution in [-0.4, -0.2) is 36.2 Å². The maximum absolute atomic E-state index is 11.4. The SMILES string of the molecule is COc1cccc(N2CCC(NCc3ccc4[nH]c(=O)[nH]c4c3)CC2)c1. The van der Waals surface area contributed by atoms with Gasteiger partial charge in [0.15, 0.2) is 0 Å². The molecule has 1 aliphatic heterocycles. The van der Waals surface area contributed by atoms with E-state index < -0.39 is 0 Å². The summed E-state index contributed by atoms with van der Waals surface area (Å²) in [5, 5.41) is 3.65. The predicted molar refractivity (Wildman–Crippen MR) is 104 cm³/mol. The lowest BCUT2D eigenvalue weighted by Crippen LogP contribution is -2.42. The van der Waals surface area contributed by atoms with Gasteiger partial charge in [0, 0.05) is 37.4 Å². The average Bonchev–Trinajstić information content (AvgIpc) is 3.06. The third-order valence-electron chi connectivity index (χ3n) is 5.09. The van der Waals surface area contributed by atoms with Crippen molar-refractivity contribution in [2.45, 2.75) is 25.4 Å². The van der Waals surface area contributed by atoms with E-state index in [0.717, 1.165) is 49.3 Å². The number of aromatic amines is 2. The van der Waals surface area contributed by atoms with Gasteiger partial charge in [-0.2, -0.15) is 0 Å². The smallest absolute Gasteiger partial charge is 0.323 e. The number of hydrogen-bond donors (Lipinski definition) is 3. The van der Waals surface area contributed by atoms with E-state index in [9.17, 15) is 4.79 Å². The lowest BCUT2D eigenvalue weighted by Gasteiger charge is -2.34. The van der Waals surface area contributed by atoms with E-state index in [1.807, 2.05) is 24.3 Å². The van der Waals surface area contributed by atoms with Gasteiger partial charge in [0.05, 0.1) is 18.1 Å². The van der Waals surface area contributed by atoms with Crippen molar-refractivity contribution >= 4 is 16.7 Å². The number of hydrogen-bond acceptors (Lipinski definition) is 4. The van der Waals surface area contributed by atoms with Gasteiger partial charge < -0.3 is 24.9 Å². The number of ether oxygens (including phenoxy) is 1. The Hall–Kier alpha value is -2.73. The molecular formula is C20H24N4O2. The largest absolute Gasteiger partial charge is 0.497 e. The lowest BCUT2D eigenvalue weighted by atomic mass is 10.0. The number of anilines is 1. The quantitative estimate of drug-likeness (QED) is 0.660. The van der Waals surface area contributed by atoms with E-state index in [-0.39, 0.29) is 5.69 Å². The number of imidazole rings is 1. The number of methoxy groups -OCH3 is 1. The van der Waals surface area contributed by atoms with Crippen LogP contribution in [0.5, 0.6) is 5.75 Å². The van der Waals surface area contributed by atoms with Crippen LogP contribution in [0.4, 0.5) is 5.69 Å². The van der Waals surface area contributed by atoms with Crippen molar-refractivity contribution in [3.05, 3.63) is 58.5 Å². The summed E-state index contributed by atoms with van der Waals surface area (Å²) in [5.74, 6) is 0.904. The molecule has 0 spiro atoms. The van der Waals surface area contributed by atoms with Crippen molar-refractivity contribution in [2.75, 3.05) is 25.1 Å². The third kappa shape index (κ3) is 3.60. The van der Waals surface area contributed by atoms with Crippen molar-refractivity contribution in [3.8, 4) is 5.75 Å². The average molecular weight is 352 g/mol. The molecule has 0 aliphatic carbocycles. The van der Waals surface area contributed by atoms with Gasteiger partial charge in [-0.1, -0.05) is 12.1 Å². The zero-order valence-electron chi connectivity index (χ0n) is 14.9. The molecule has 2 aromatic carbocycles. The maximum atomic E-state index is 11.4. The molecule has 3 aromatic rings. The molecule has 0 bridgehead atoms. The highest BCUT2D eigenvalue weighted by atomic mass is 16.5. The summed E-state index contributed by atoms with van der Waals surface area (Å²) in [5.41, 5.74) is 3.97. The second-order valence-electron chi connectivity index (χ2n) is 6.80. The van der Waals surface area contributed by atoms with Gasteiger partial charge in [-0.15, -0.1) is 0 Å². The molecule has 6 heteroatoms. The Morgan fingerprint density at radius 2 is 1.92 bits per heavy atom. The van der Waals surface area contributed by atoms with E-state index >= 15 is 0 Å². The van der Waals surface area contributed by atoms with E-state index in [1.54, 1.807) is 7.11 Å². The highest BCUT2D eigenvalue weighted by Crippen LogP contribution is 2.24. The van der Waals surface area contributed by atoms with Crippen LogP contribution in [0.2, 0.25) is 0 Å². The number of fused-ring (bicyclic) bond motifs is 1. The zero-order valence-corrected chi connectivity index (χ0v) is 14.9. The Kier molecular flexibility index (Phi) is 4.67. The molecule has 1 aromatic heterocycles. The molecule has 6 nitrogen and oxygen atoms in total. The first-order valence-corrected chi connectivity index (χ1v) is 9.04. The number of nitrogens with one attached hydrogen (secondary N) is 3. The minimum Gasteiger partial charge on any atom is -0.497 e. The van der Waals surface area contributed by atoms with Crippen molar-refractivity contribution in [1.29, 1.82) is 0 Å². The lowest BCUT2D eigenvalue weighted by molar-refractivity contribution is 0.409. The van der Waals surface area contributed by atoms with Gasteiger partial charge in [0.2, 0.25) is 0 Å². The second-order valence-corrected chi connectivity index (χ2v) is 6.80. The molecule has 1 fully saturated rings. The first-order chi connectivity index (χ1) is 12.7. The van der Waals surface area contributed by atoms with Crippen molar-refractivity contribution < 1.29 is 4.74 Å². The van der Waals surface area contributed by atoms with Crippen molar-refractivity contribution in [1.82, 2.24) is 15.3 Å². The normalized spacial score (nSPS) is 15.5.